The summed E-state index contributed by atoms with van der Waals surface area (Å²) in [4.78, 5) is 35.1. The van der Waals surface area contributed by atoms with Gasteiger partial charge in [-0.05, 0) is 24.3 Å². The highest BCUT2D eigenvalue weighted by atomic mass is 16.6. The summed E-state index contributed by atoms with van der Waals surface area (Å²) in [6.45, 7) is -0.933. The fourth-order valence-corrected chi connectivity index (χ4v) is 2.31. The van der Waals surface area contributed by atoms with Crippen LogP contribution in [0.3, 0.4) is 0 Å². The normalized spacial score (nSPS) is 10.5. The molecule has 3 aromatic rings. The lowest BCUT2D eigenvalue weighted by molar-refractivity contribution is -0.144. The molecule has 3 rings (SSSR count). The SMILES string of the molecule is NC(=O)c1ccccc1OCC(=O)OCC(=O)c1cc2ccccc2o1. The van der Waals surface area contributed by atoms with Gasteiger partial charge in [0.15, 0.2) is 19.0 Å². The number of hydrogen-bond acceptors (Lipinski definition) is 6. The third kappa shape index (κ3) is 3.89. The second-order valence-electron chi connectivity index (χ2n) is 5.38. The summed E-state index contributed by atoms with van der Waals surface area (Å²) in [5, 5.41) is 0.786. The smallest absolute Gasteiger partial charge is 0.344 e. The molecular formula is C19H15NO6. The number of carbonyl (C=O) groups is 3. The van der Waals surface area contributed by atoms with Crippen LogP contribution in [-0.2, 0) is 9.53 Å². The Balaban J connectivity index is 1.54. The Kier molecular flexibility index (Phi) is 4.98. The number of ketones is 1. The molecule has 0 saturated carbocycles. The van der Waals surface area contributed by atoms with Gasteiger partial charge in [-0.25, -0.2) is 4.79 Å². The monoisotopic (exact) mass is 353 g/mol. The van der Waals surface area contributed by atoms with Gasteiger partial charge in [0.05, 0.1) is 5.56 Å². The molecule has 2 N–H and O–H groups in total. The number of nitrogens with two attached hydrogens (primary N) is 1. The molecule has 0 aliphatic rings. The van der Waals surface area contributed by atoms with Crippen molar-refractivity contribution in [3.05, 3.63) is 65.9 Å². The maximum Gasteiger partial charge on any atom is 0.344 e. The Morgan fingerprint density at radius 3 is 2.46 bits per heavy atom. The van der Waals surface area contributed by atoms with Crippen LogP contribution in [0.4, 0.5) is 0 Å². The Hall–Kier alpha value is -3.61. The topological polar surface area (TPSA) is 109 Å². The molecule has 1 heterocycles. The fraction of sp³-hybridized carbons (Fsp3) is 0.105. The number of primary amides is 1. The molecule has 26 heavy (non-hydrogen) atoms. The maximum absolute atomic E-state index is 12.1. The van der Waals surface area contributed by atoms with Crippen LogP contribution in [0.1, 0.15) is 20.9 Å². The summed E-state index contributed by atoms with van der Waals surface area (Å²) in [7, 11) is 0. The van der Waals surface area contributed by atoms with E-state index in [4.69, 9.17) is 19.6 Å². The Morgan fingerprint density at radius 2 is 1.69 bits per heavy atom. The standard InChI is InChI=1S/C19H15NO6/c20-19(23)13-6-2-4-8-16(13)24-11-18(22)25-10-14(21)17-9-12-5-1-3-7-15(12)26-17/h1-9H,10-11H2,(H2,20,23). The zero-order valence-electron chi connectivity index (χ0n) is 13.6. The molecule has 132 valence electrons. The van der Waals surface area contributed by atoms with Crippen molar-refractivity contribution in [3.63, 3.8) is 0 Å². The van der Waals surface area contributed by atoms with Crippen molar-refractivity contribution >= 4 is 28.6 Å². The van der Waals surface area contributed by atoms with Gasteiger partial charge in [-0.15, -0.1) is 0 Å². The number of amides is 1. The van der Waals surface area contributed by atoms with Crippen LogP contribution in [0.5, 0.6) is 5.75 Å². The number of rotatable bonds is 7. The van der Waals surface area contributed by atoms with E-state index in [-0.39, 0.29) is 17.1 Å². The van der Waals surface area contributed by atoms with E-state index in [1.807, 2.05) is 12.1 Å². The zero-order valence-corrected chi connectivity index (χ0v) is 13.6. The average Bonchev–Trinajstić information content (AvgIpc) is 3.09. The van der Waals surface area contributed by atoms with Gasteiger partial charge in [0.25, 0.3) is 5.91 Å². The van der Waals surface area contributed by atoms with Crippen molar-refractivity contribution in [2.75, 3.05) is 13.2 Å². The van der Waals surface area contributed by atoms with E-state index in [1.54, 1.807) is 30.3 Å². The first-order valence-electron chi connectivity index (χ1n) is 7.73. The number of benzene rings is 2. The van der Waals surface area contributed by atoms with Gasteiger partial charge >= 0.3 is 5.97 Å². The van der Waals surface area contributed by atoms with Crippen LogP contribution in [0.2, 0.25) is 0 Å². The van der Waals surface area contributed by atoms with Crippen LogP contribution in [-0.4, -0.2) is 30.9 Å². The second kappa shape index (κ2) is 7.52. The highest BCUT2D eigenvalue weighted by Crippen LogP contribution is 2.19. The first kappa shape index (κ1) is 17.2. The molecule has 0 bridgehead atoms. The molecule has 2 aromatic carbocycles. The van der Waals surface area contributed by atoms with Gasteiger partial charge in [-0.2, -0.15) is 0 Å². The fourth-order valence-electron chi connectivity index (χ4n) is 2.31. The van der Waals surface area contributed by atoms with Gasteiger partial charge in [0.2, 0.25) is 5.78 Å². The molecule has 0 atom stereocenters. The minimum absolute atomic E-state index is 0.110. The first-order chi connectivity index (χ1) is 12.5. The molecule has 0 unspecified atom stereocenters. The van der Waals surface area contributed by atoms with E-state index in [9.17, 15) is 14.4 Å². The van der Waals surface area contributed by atoms with E-state index < -0.39 is 30.9 Å². The summed E-state index contributed by atoms with van der Waals surface area (Å²) >= 11 is 0. The van der Waals surface area contributed by atoms with Gasteiger partial charge in [0.1, 0.15) is 11.3 Å². The number of esters is 1. The molecule has 7 nitrogen and oxygen atoms in total. The third-order valence-corrected chi connectivity index (χ3v) is 3.56. The molecule has 1 amide bonds. The van der Waals surface area contributed by atoms with Gasteiger partial charge in [-0.3, -0.25) is 9.59 Å². The van der Waals surface area contributed by atoms with Crippen LogP contribution >= 0.6 is 0 Å². The lowest BCUT2D eigenvalue weighted by Gasteiger charge is -2.08. The molecule has 0 aliphatic carbocycles. The summed E-state index contributed by atoms with van der Waals surface area (Å²) in [5.41, 5.74) is 5.95. The van der Waals surface area contributed by atoms with Crippen LogP contribution < -0.4 is 10.5 Å². The summed E-state index contributed by atoms with van der Waals surface area (Å²) < 4.78 is 15.5. The lowest BCUT2D eigenvalue weighted by atomic mass is 10.2. The molecule has 0 spiro atoms. The highest BCUT2D eigenvalue weighted by molar-refractivity contribution is 5.99. The summed E-state index contributed by atoms with van der Waals surface area (Å²) in [5.74, 6) is -1.62. The van der Waals surface area contributed by atoms with Gasteiger partial charge in [-0.1, -0.05) is 30.3 Å². The number of furan rings is 1. The zero-order chi connectivity index (χ0) is 18.5. The number of fused-ring (bicyclic) bond motifs is 1. The van der Waals surface area contributed by atoms with Crippen LogP contribution in [0.25, 0.3) is 11.0 Å². The minimum atomic E-state index is -0.756. The van der Waals surface area contributed by atoms with Crippen molar-refractivity contribution in [2.24, 2.45) is 5.73 Å². The molecule has 0 radical (unpaired) electrons. The van der Waals surface area contributed by atoms with E-state index in [0.29, 0.717) is 5.58 Å². The quantitative estimate of drug-likeness (QED) is 0.516. The van der Waals surface area contributed by atoms with Gasteiger partial charge in [0, 0.05) is 5.39 Å². The van der Waals surface area contributed by atoms with Gasteiger partial charge < -0.3 is 19.6 Å². The first-order valence-corrected chi connectivity index (χ1v) is 7.73. The molecular weight excluding hydrogens is 338 g/mol. The minimum Gasteiger partial charge on any atom is -0.481 e. The van der Waals surface area contributed by atoms with Crippen LogP contribution in [0, 0.1) is 0 Å². The molecule has 0 fully saturated rings. The van der Waals surface area contributed by atoms with Crippen molar-refractivity contribution < 1.29 is 28.3 Å². The molecule has 7 heteroatoms. The van der Waals surface area contributed by atoms with Crippen molar-refractivity contribution in [1.29, 1.82) is 0 Å². The lowest BCUT2D eigenvalue weighted by Crippen LogP contribution is -2.20. The molecule has 0 aliphatic heterocycles. The Bertz CT molecular complexity index is 942. The number of hydrogen-bond donors (Lipinski definition) is 1. The predicted octanol–water partition coefficient (Wildman–Crippen LogP) is 2.34. The number of carbonyl (C=O) groups excluding carboxylic acids is 3. The highest BCUT2D eigenvalue weighted by Gasteiger charge is 2.16. The second-order valence-corrected chi connectivity index (χ2v) is 5.38. The number of para-hydroxylation sites is 2. The number of Topliss-reactive ketones (excluding diaryl/α,β-unsaturated/α-hetero) is 1. The third-order valence-electron chi connectivity index (χ3n) is 3.56. The maximum atomic E-state index is 12.1. The van der Waals surface area contributed by atoms with Crippen LogP contribution in [0.15, 0.2) is 59.0 Å². The Labute approximate surface area is 148 Å². The van der Waals surface area contributed by atoms with E-state index in [1.165, 1.54) is 12.1 Å². The Morgan fingerprint density at radius 1 is 0.962 bits per heavy atom. The van der Waals surface area contributed by atoms with Crippen molar-refractivity contribution in [3.8, 4) is 5.75 Å². The summed E-state index contributed by atoms with van der Waals surface area (Å²) in [6, 6.07) is 15.0. The largest absolute Gasteiger partial charge is 0.481 e. The van der Waals surface area contributed by atoms with Crippen molar-refractivity contribution in [1.82, 2.24) is 0 Å². The predicted molar refractivity (Wildman–Crippen MR) is 92.0 cm³/mol. The summed E-state index contributed by atoms with van der Waals surface area (Å²) in [6.07, 6.45) is 0. The van der Waals surface area contributed by atoms with E-state index >= 15 is 0 Å². The van der Waals surface area contributed by atoms with E-state index in [2.05, 4.69) is 0 Å². The van der Waals surface area contributed by atoms with E-state index in [0.717, 1.165) is 5.39 Å². The molecule has 0 saturated heterocycles. The molecule has 1 aromatic heterocycles. The number of ether oxygens (including phenoxy) is 2. The average molecular weight is 353 g/mol. The van der Waals surface area contributed by atoms with Crippen molar-refractivity contribution in [2.45, 2.75) is 0 Å².